The van der Waals surface area contributed by atoms with E-state index in [2.05, 4.69) is 64.8 Å². The Morgan fingerprint density at radius 1 is 1.09 bits per heavy atom. The number of nitrogens with one attached hydrogen (secondary N) is 2. The predicted octanol–water partition coefficient (Wildman–Crippen LogP) is 3.00. The molecule has 0 saturated carbocycles. The van der Waals surface area contributed by atoms with E-state index < -0.39 is 0 Å². The Morgan fingerprint density at radius 2 is 1.91 bits per heavy atom. The molecule has 0 fully saturated rings. The van der Waals surface area contributed by atoms with Gasteiger partial charge in [-0.15, -0.1) is 0 Å². The summed E-state index contributed by atoms with van der Waals surface area (Å²) in [7, 11) is 0. The van der Waals surface area contributed by atoms with Gasteiger partial charge in [0.15, 0.2) is 5.96 Å². The monoisotopic (exact) mass is 310 g/mol. The number of hydrogen-bond donors (Lipinski definition) is 2. The van der Waals surface area contributed by atoms with Crippen LogP contribution >= 0.6 is 0 Å². The lowest BCUT2D eigenvalue weighted by molar-refractivity contribution is 0.797. The van der Waals surface area contributed by atoms with E-state index in [0.29, 0.717) is 6.54 Å². The van der Waals surface area contributed by atoms with E-state index >= 15 is 0 Å². The van der Waals surface area contributed by atoms with Crippen LogP contribution in [0.3, 0.4) is 0 Å². The maximum Gasteiger partial charge on any atom is 0.191 e. The van der Waals surface area contributed by atoms with E-state index in [1.165, 1.54) is 16.7 Å². The summed E-state index contributed by atoms with van der Waals surface area (Å²) in [6.45, 7) is 8.58. The fourth-order valence-corrected chi connectivity index (χ4v) is 2.27. The van der Waals surface area contributed by atoms with Crippen molar-refractivity contribution in [2.24, 2.45) is 4.99 Å². The quantitative estimate of drug-likeness (QED) is 0.637. The summed E-state index contributed by atoms with van der Waals surface area (Å²) in [5.41, 5.74) is 4.82. The Kier molecular flexibility index (Phi) is 6.60. The average molecular weight is 310 g/mol. The van der Waals surface area contributed by atoms with Crippen LogP contribution in [-0.2, 0) is 13.0 Å². The maximum atomic E-state index is 4.67. The smallest absolute Gasteiger partial charge is 0.191 e. The van der Waals surface area contributed by atoms with Crippen LogP contribution in [-0.4, -0.2) is 24.0 Å². The minimum atomic E-state index is 0.689. The third kappa shape index (κ3) is 5.74. The zero-order chi connectivity index (χ0) is 16.5. The second kappa shape index (κ2) is 8.93. The molecule has 0 atom stereocenters. The number of guanidine groups is 1. The molecule has 0 spiro atoms. The van der Waals surface area contributed by atoms with E-state index in [1.54, 1.807) is 0 Å². The summed E-state index contributed by atoms with van der Waals surface area (Å²) < 4.78 is 0. The molecule has 1 aromatic heterocycles. The fourth-order valence-electron chi connectivity index (χ4n) is 2.27. The average Bonchev–Trinajstić information content (AvgIpc) is 2.56. The third-order valence-corrected chi connectivity index (χ3v) is 3.69. The molecule has 0 radical (unpaired) electrons. The molecule has 0 amide bonds. The predicted molar refractivity (Wildman–Crippen MR) is 96.7 cm³/mol. The molecule has 0 bridgehead atoms. The third-order valence-electron chi connectivity index (χ3n) is 3.69. The highest BCUT2D eigenvalue weighted by molar-refractivity contribution is 5.79. The Bertz CT molecular complexity index is 632. The van der Waals surface area contributed by atoms with Gasteiger partial charge in [0.2, 0.25) is 0 Å². The van der Waals surface area contributed by atoms with Gasteiger partial charge in [-0.1, -0.05) is 30.3 Å². The Morgan fingerprint density at radius 3 is 2.61 bits per heavy atom. The van der Waals surface area contributed by atoms with E-state index in [4.69, 9.17) is 0 Å². The summed E-state index contributed by atoms with van der Waals surface area (Å²) in [5, 5.41) is 6.68. The zero-order valence-corrected chi connectivity index (χ0v) is 14.3. The van der Waals surface area contributed by atoms with Crippen LogP contribution in [0.25, 0.3) is 0 Å². The number of pyridine rings is 1. The lowest BCUT2D eigenvalue weighted by Gasteiger charge is -2.12. The number of aromatic nitrogens is 1. The summed E-state index contributed by atoms with van der Waals surface area (Å²) >= 11 is 0. The van der Waals surface area contributed by atoms with Crippen molar-refractivity contribution < 1.29 is 0 Å². The van der Waals surface area contributed by atoms with Crippen molar-refractivity contribution in [2.45, 2.75) is 33.7 Å². The van der Waals surface area contributed by atoms with Crippen molar-refractivity contribution in [1.82, 2.24) is 15.6 Å². The Balaban J connectivity index is 1.89. The highest BCUT2D eigenvalue weighted by atomic mass is 15.2. The zero-order valence-electron chi connectivity index (χ0n) is 14.3. The van der Waals surface area contributed by atoms with Crippen LogP contribution in [0.1, 0.15) is 29.3 Å². The van der Waals surface area contributed by atoms with E-state index in [9.17, 15) is 0 Å². The molecule has 0 aliphatic carbocycles. The van der Waals surface area contributed by atoms with Gasteiger partial charge in [0.05, 0.1) is 6.54 Å². The van der Waals surface area contributed by atoms with Crippen LogP contribution in [0.2, 0.25) is 0 Å². The first-order valence-corrected chi connectivity index (χ1v) is 8.17. The van der Waals surface area contributed by atoms with Crippen molar-refractivity contribution in [3.05, 3.63) is 65.0 Å². The molecule has 23 heavy (non-hydrogen) atoms. The standard InChI is InChI=1S/C19H26N4/c1-4-20-19(23-14-18-8-6-5-7-15(18)2)21-12-11-17-10-9-16(3)22-13-17/h5-10,13H,4,11-12,14H2,1-3H3,(H2,20,21,23). The lowest BCUT2D eigenvalue weighted by atomic mass is 10.1. The first-order valence-electron chi connectivity index (χ1n) is 8.17. The van der Waals surface area contributed by atoms with E-state index in [1.807, 2.05) is 19.2 Å². The molecule has 0 aliphatic heterocycles. The van der Waals surface area contributed by atoms with Crippen LogP contribution in [0, 0.1) is 13.8 Å². The van der Waals surface area contributed by atoms with E-state index in [0.717, 1.165) is 31.2 Å². The number of hydrogen-bond acceptors (Lipinski definition) is 2. The van der Waals surface area contributed by atoms with Crippen LogP contribution < -0.4 is 10.6 Å². The molecule has 2 rings (SSSR count). The van der Waals surface area contributed by atoms with Gasteiger partial charge < -0.3 is 10.6 Å². The second-order valence-electron chi connectivity index (χ2n) is 5.61. The van der Waals surface area contributed by atoms with Crippen molar-refractivity contribution in [1.29, 1.82) is 0 Å². The van der Waals surface area contributed by atoms with Crippen LogP contribution in [0.15, 0.2) is 47.6 Å². The molecule has 2 aromatic rings. The summed E-state index contributed by atoms with van der Waals surface area (Å²) in [6, 6.07) is 12.5. The Labute approximate surface area is 139 Å². The molecule has 1 aromatic carbocycles. The minimum Gasteiger partial charge on any atom is -0.357 e. The number of aryl methyl sites for hydroxylation is 2. The molecule has 4 nitrogen and oxygen atoms in total. The second-order valence-corrected chi connectivity index (χ2v) is 5.61. The minimum absolute atomic E-state index is 0.689. The molecular weight excluding hydrogens is 284 g/mol. The molecular formula is C19H26N4. The maximum absolute atomic E-state index is 4.67. The van der Waals surface area contributed by atoms with Gasteiger partial charge in [0.1, 0.15) is 0 Å². The van der Waals surface area contributed by atoms with Crippen molar-refractivity contribution in [2.75, 3.05) is 13.1 Å². The van der Waals surface area contributed by atoms with E-state index in [-0.39, 0.29) is 0 Å². The van der Waals surface area contributed by atoms with Gasteiger partial charge in [-0.05, 0) is 49.9 Å². The first kappa shape index (κ1) is 17.0. The normalized spacial score (nSPS) is 11.3. The SMILES string of the molecule is CCNC(=NCc1ccccc1C)NCCc1ccc(C)nc1. The van der Waals surface area contributed by atoms with Gasteiger partial charge in [-0.2, -0.15) is 0 Å². The lowest BCUT2D eigenvalue weighted by Crippen LogP contribution is -2.38. The number of rotatable bonds is 6. The van der Waals surface area contributed by atoms with Crippen LogP contribution in [0.4, 0.5) is 0 Å². The highest BCUT2D eigenvalue weighted by Crippen LogP contribution is 2.07. The molecule has 122 valence electrons. The van der Waals surface area contributed by atoms with Crippen LogP contribution in [0.5, 0.6) is 0 Å². The van der Waals surface area contributed by atoms with Crippen molar-refractivity contribution in [3.8, 4) is 0 Å². The number of benzene rings is 1. The molecule has 1 heterocycles. The summed E-state index contributed by atoms with van der Waals surface area (Å²) in [6.07, 6.45) is 2.87. The van der Waals surface area contributed by atoms with Gasteiger partial charge >= 0.3 is 0 Å². The van der Waals surface area contributed by atoms with Gasteiger partial charge in [0, 0.05) is 25.0 Å². The fraction of sp³-hybridized carbons (Fsp3) is 0.368. The largest absolute Gasteiger partial charge is 0.357 e. The summed E-state index contributed by atoms with van der Waals surface area (Å²) in [5.74, 6) is 0.857. The van der Waals surface area contributed by atoms with Gasteiger partial charge in [-0.25, -0.2) is 4.99 Å². The van der Waals surface area contributed by atoms with Crippen molar-refractivity contribution in [3.63, 3.8) is 0 Å². The number of aliphatic imine (C=N–C) groups is 1. The molecule has 4 heteroatoms. The molecule has 0 aliphatic rings. The molecule has 0 unspecified atom stereocenters. The molecule has 2 N–H and O–H groups in total. The first-order chi connectivity index (χ1) is 11.2. The summed E-state index contributed by atoms with van der Waals surface area (Å²) in [4.78, 5) is 8.99. The topological polar surface area (TPSA) is 49.3 Å². The highest BCUT2D eigenvalue weighted by Gasteiger charge is 2.00. The number of nitrogens with zero attached hydrogens (tertiary/aromatic N) is 2. The molecule has 0 saturated heterocycles. The Hall–Kier alpha value is -2.36. The van der Waals surface area contributed by atoms with Crippen molar-refractivity contribution >= 4 is 5.96 Å². The van der Waals surface area contributed by atoms with Gasteiger partial charge in [-0.3, -0.25) is 4.98 Å². The van der Waals surface area contributed by atoms with Gasteiger partial charge in [0.25, 0.3) is 0 Å².